The van der Waals surface area contributed by atoms with Gasteiger partial charge in [-0.1, -0.05) is 76.1 Å². The molecule has 0 spiro atoms. The topological polar surface area (TPSA) is 12.0 Å². The van der Waals surface area contributed by atoms with Crippen molar-refractivity contribution in [2.45, 2.75) is 17.0 Å². The number of rotatable bonds is 1. The van der Waals surface area contributed by atoms with E-state index in [1.807, 2.05) is 0 Å². The van der Waals surface area contributed by atoms with Gasteiger partial charge in [0.05, 0.1) is 5.54 Å². The van der Waals surface area contributed by atoms with Gasteiger partial charge in [-0.3, -0.25) is 5.32 Å². The van der Waals surface area contributed by atoms with E-state index in [0.29, 0.717) is 0 Å². The van der Waals surface area contributed by atoms with E-state index < -0.39 is 5.00 Å². The van der Waals surface area contributed by atoms with Crippen LogP contribution in [0.3, 0.4) is 0 Å². The Hall–Kier alpha value is -0.830. The largest absolute Gasteiger partial charge is 0.280 e. The second-order valence-corrected chi connectivity index (χ2v) is 6.55. The molecule has 2 aromatic carbocycles. The van der Waals surface area contributed by atoms with Crippen LogP contribution in [0.25, 0.3) is 0 Å². The van der Waals surface area contributed by atoms with Crippen molar-refractivity contribution in [3.63, 3.8) is 0 Å². The van der Waals surface area contributed by atoms with Gasteiger partial charge in [0.25, 0.3) is 0 Å². The maximum atomic E-state index is 6.90. The molecule has 2 atom stereocenters. The Bertz CT molecular complexity index is 671. The van der Waals surface area contributed by atoms with Crippen molar-refractivity contribution >= 4 is 27.5 Å². The Labute approximate surface area is 126 Å². The van der Waals surface area contributed by atoms with Crippen LogP contribution in [-0.2, 0) is 17.0 Å². The van der Waals surface area contributed by atoms with Gasteiger partial charge < -0.3 is 0 Å². The summed E-state index contributed by atoms with van der Waals surface area (Å²) < 4.78 is 0. The van der Waals surface area contributed by atoms with Crippen LogP contribution < -0.4 is 5.32 Å². The minimum absolute atomic E-state index is 0.201. The number of benzene rings is 2. The van der Waals surface area contributed by atoms with Crippen LogP contribution in [0.15, 0.2) is 48.5 Å². The standard InChI is InChI=1S/C16H13BrClN/c17-10-15-12-6-2-1-5-11(12)9-16(18,19-15)14-8-4-3-7-13(14)15/h1-8,19H,9-10H2. The van der Waals surface area contributed by atoms with Crippen molar-refractivity contribution in [3.05, 3.63) is 70.8 Å². The summed E-state index contributed by atoms with van der Waals surface area (Å²) in [5.74, 6) is 0. The van der Waals surface area contributed by atoms with Gasteiger partial charge in [0, 0.05) is 11.8 Å². The maximum absolute atomic E-state index is 6.90. The Balaban J connectivity index is 2.10. The summed E-state index contributed by atoms with van der Waals surface area (Å²) in [5.41, 5.74) is 4.99. The molecule has 0 radical (unpaired) electrons. The van der Waals surface area contributed by atoms with Crippen molar-refractivity contribution in [2.24, 2.45) is 0 Å². The SMILES string of the molecule is ClC12Cc3ccccc3C(CBr)(N1)c1ccccc12. The highest BCUT2D eigenvalue weighted by molar-refractivity contribution is 9.09. The average molecular weight is 335 g/mol. The van der Waals surface area contributed by atoms with E-state index in [9.17, 15) is 0 Å². The first-order chi connectivity index (χ1) is 9.20. The van der Waals surface area contributed by atoms with Crippen LogP contribution in [0.2, 0.25) is 0 Å². The third-order valence-corrected chi connectivity index (χ3v) is 5.61. The van der Waals surface area contributed by atoms with E-state index in [1.54, 1.807) is 0 Å². The van der Waals surface area contributed by atoms with Crippen LogP contribution in [0, 0.1) is 0 Å². The van der Waals surface area contributed by atoms with Crippen LogP contribution in [-0.4, -0.2) is 5.33 Å². The lowest BCUT2D eigenvalue weighted by atomic mass is 9.82. The van der Waals surface area contributed by atoms with Gasteiger partial charge in [-0.05, 0) is 22.3 Å². The molecule has 2 aliphatic rings. The summed E-state index contributed by atoms with van der Waals surface area (Å²) in [6.45, 7) is 0. The molecule has 2 aromatic rings. The van der Waals surface area contributed by atoms with Gasteiger partial charge in [0.15, 0.2) is 0 Å². The molecule has 1 N–H and O–H groups in total. The molecular formula is C16H13BrClN. The van der Waals surface area contributed by atoms with E-state index in [2.05, 4.69) is 69.8 Å². The fourth-order valence-corrected chi connectivity index (χ4v) is 4.77. The van der Waals surface area contributed by atoms with Gasteiger partial charge >= 0.3 is 0 Å². The molecule has 2 unspecified atom stereocenters. The van der Waals surface area contributed by atoms with Crippen LogP contribution in [0.1, 0.15) is 22.3 Å². The summed E-state index contributed by atoms with van der Waals surface area (Å²) in [4.78, 5) is -0.473. The predicted molar refractivity (Wildman–Crippen MR) is 81.8 cm³/mol. The molecule has 0 amide bonds. The molecule has 96 valence electrons. The van der Waals surface area contributed by atoms with Crippen molar-refractivity contribution in [2.75, 3.05) is 5.33 Å². The minimum atomic E-state index is -0.473. The first-order valence-electron chi connectivity index (χ1n) is 6.42. The normalized spacial score (nSPS) is 30.8. The highest BCUT2D eigenvalue weighted by atomic mass is 79.9. The van der Waals surface area contributed by atoms with Crippen molar-refractivity contribution in [1.82, 2.24) is 5.32 Å². The first kappa shape index (κ1) is 12.0. The summed E-state index contributed by atoms with van der Waals surface area (Å²) in [6, 6.07) is 17.1. The lowest BCUT2D eigenvalue weighted by Gasteiger charge is -2.39. The quantitative estimate of drug-likeness (QED) is 0.616. The maximum Gasteiger partial charge on any atom is 0.124 e. The monoisotopic (exact) mass is 333 g/mol. The Morgan fingerprint density at radius 3 is 2.37 bits per heavy atom. The molecule has 3 heteroatoms. The molecule has 1 nitrogen and oxygen atoms in total. The Kier molecular flexibility index (Phi) is 2.42. The fourth-order valence-electron chi connectivity index (χ4n) is 3.56. The van der Waals surface area contributed by atoms with Crippen LogP contribution in [0.4, 0.5) is 0 Å². The summed E-state index contributed by atoms with van der Waals surface area (Å²) in [7, 11) is 0. The molecule has 4 rings (SSSR count). The molecular weight excluding hydrogens is 322 g/mol. The Morgan fingerprint density at radius 1 is 1.00 bits per heavy atom. The van der Waals surface area contributed by atoms with Gasteiger partial charge in [-0.25, -0.2) is 0 Å². The number of hydrogen-bond donors (Lipinski definition) is 1. The zero-order chi connectivity index (χ0) is 13.1. The lowest BCUT2D eigenvalue weighted by molar-refractivity contribution is 0.360. The van der Waals surface area contributed by atoms with Gasteiger partial charge in [0.2, 0.25) is 0 Å². The zero-order valence-corrected chi connectivity index (χ0v) is 12.6. The van der Waals surface area contributed by atoms with Crippen LogP contribution >= 0.6 is 27.5 Å². The predicted octanol–water partition coefficient (Wildman–Crippen LogP) is 3.88. The van der Waals surface area contributed by atoms with E-state index in [1.165, 1.54) is 22.3 Å². The molecule has 0 saturated heterocycles. The summed E-state index contributed by atoms with van der Waals surface area (Å²) >= 11 is 10.6. The first-order valence-corrected chi connectivity index (χ1v) is 7.92. The number of fused-ring (bicyclic) bond motifs is 7. The van der Waals surface area contributed by atoms with E-state index in [-0.39, 0.29) is 5.54 Å². The molecule has 2 heterocycles. The van der Waals surface area contributed by atoms with Crippen molar-refractivity contribution < 1.29 is 0 Å². The van der Waals surface area contributed by atoms with E-state index in [4.69, 9.17) is 11.6 Å². The molecule has 0 saturated carbocycles. The zero-order valence-electron chi connectivity index (χ0n) is 10.3. The van der Waals surface area contributed by atoms with E-state index in [0.717, 1.165) is 11.8 Å². The highest BCUT2D eigenvalue weighted by Gasteiger charge is 2.55. The number of nitrogens with one attached hydrogen (secondary N) is 1. The molecule has 0 aliphatic carbocycles. The van der Waals surface area contributed by atoms with Gasteiger partial charge in [-0.15, -0.1) is 0 Å². The third-order valence-electron chi connectivity index (χ3n) is 4.34. The second-order valence-electron chi connectivity index (χ2n) is 5.34. The average Bonchev–Trinajstić information content (AvgIpc) is 2.66. The molecule has 0 fully saturated rings. The fraction of sp³-hybridized carbons (Fsp3) is 0.250. The summed E-state index contributed by atoms with van der Waals surface area (Å²) in [6.07, 6.45) is 0.830. The van der Waals surface area contributed by atoms with Crippen molar-refractivity contribution in [1.29, 1.82) is 0 Å². The number of alkyl halides is 2. The molecule has 19 heavy (non-hydrogen) atoms. The molecule has 2 aliphatic heterocycles. The summed E-state index contributed by atoms with van der Waals surface area (Å²) in [5, 5.41) is 4.49. The lowest BCUT2D eigenvalue weighted by Crippen LogP contribution is -2.51. The Morgan fingerprint density at radius 2 is 1.63 bits per heavy atom. The van der Waals surface area contributed by atoms with Crippen molar-refractivity contribution in [3.8, 4) is 0 Å². The highest BCUT2D eigenvalue weighted by Crippen LogP contribution is 2.53. The smallest absolute Gasteiger partial charge is 0.124 e. The number of halogens is 2. The number of hydrogen-bond acceptors (Lipinski definition) is 1. The van der Waals surface area contributed by atoms with Crippen LogP contribution in [0.5, 0.6) is 0 Å². The second kappa shape index (κ2) is 3.85. The van der Waals surface area contributed by atoms with Gasteiger partial charge in [0.1, 0.15) is 5.00 Å². The third kappa shape index (κ3) is 1.40. The molecule has 0 aromatic heterocycles. The van der Waals surface area contributed by atoms with Gasteiger partial charge in [-0.2, -0.15) is 0 Å². The molecule has 2 bridgehead atoms. The minimum Gasteiger partial charge on any atom is -0.280 e. The van der Waals surface area contributed by atoms with E-state index >= 15 is 0 Å².